The Kier molecular flexibility index (Phi) is 5.33. The molecule has 4 aromatic rings. The van der Waals surface area contributed by atoms with E-state index in [0.717, 1.165) is 12.1 Å². The van der Waals surface area contributed by atoms with Crippen molar-refractivity contribution >= 4 is 44.5 Å². The van der Waals surface area contributed by atoms with Crippen molar-refractivity contribution in [2.75, 3.05) is 0 Å². The molecule has 0 saturated carbocycles. The zero-order chi connectivity index (χ0) is 21.6. The fourth-order valence-corrected chi connectivity index (χ4v) is 4.64. The van der Waals surface area contributed by atoms with Gasteiger partial charge in [-0.1, -0.05) is 23.7 Å². The van der Waals surface area contributed by atoms with Crippen molar-refractivity contribution in [1.82, 2.24) is 9.38 Å². The fourth-order valence-electron chi connectivity index (χ4n) is 3.11. The first-order valence-corrected chi connectivity index (χ1v) is 10.4. The molecule has 0 fully saturated rings. The normalized spacial score (nSPS) is 11.9. The van der Waals surface area contributed by atoms with Gasteiger partial charge in [0, 0.05) is 6.20 Å². The van der Waals surface area contributed by atoms with E-state index in [1.54, 1.807) is 12.1 Å². The molecule has 0 aliphatic rings. The third-order valence-electron chi connectivity index (χ3n) is 4.40. The second-order valence-corrected chi connectivity index (χ2v) is 8.85. The monoisotopic (exact) mass is 516 g/mol. The lowest BCUT2D eigenvalue weighted by Crippen LogP contribution is -2.41. The maximum Gasteiger partial charge on any atom is 0.416 e. The van der Waals surface area contributed by atoms with E-state index >= 15 is 0 Å². The molecule has 1 aromatic carbocycles. The largest absolute Gasteiger partial charge is 0.477 e. The predicted octanol–water partition coefficient (Wildman–Crippen LogP) is 4.90. The molecule has 3 aromatic heterocycles. The number of rotatable bonds is 3. The Balaban J connectivity index is 2.03. The van der Waals surface area contributed by atoms with Gasteiger partial charge in [0.05, 0.1) is 16.6 Å². The number of pyridine rings is 1. The number of alkyl halides is 3. The van der Waals surface area contributed by atoms with Gasteiger partial charge >= 0.3 is 17.4 Å². The molecular weight excluding hydrogens is 507 g/mol. The number of hydrogen-bond donors (Lipinski definition) is 1. The van der Waals surface area contributed by atoms with Gasteiger partial charge in [0.2, 0.25) is 0 Å². The highest BCUT2D eigenvalue weighted by atomic mass is 79.9. The lowest BCUT2D eigenvalue weighted by molar-refractivity contribution is -0.671. The van der Waals surface area contributed by atoms with Gasteiger partial charge in [-0.05, 0) is 45.8 Å². The minimum absolute atomic E-state index is 0.0437. The van der Waals surface area contributed by atoms with Crippen molar-refractivity contribution in [3.05, 3.63) is 78.5 Å². The van der Waals surface area contributed by atoms with Crippen molar-refractivity contribution in [3.63, 3.8) is 0 Å². The molecule has 0 bridgehead atoms. The summed E-state index contributed by atoms with van der Waals surface area (Å²) >= 11 is 10.5. The fraction of sp³-hybridized carbons (Fsp3) is 0.105. The summed E-state index contributed by atoms with van der Waals surface area (Å²) < 4.78 is 43.1. The van der Waals surface area contributed by atoms with Crippen molar-refractivity contribution in [1.29, 1.82) is 0 Å². The number of halogens is 5. The van der Waals surface area contributed by atoms with Gasteiger partial charge in [-0.3, -0.25) is 0 Å². The van der Waals surface area contributed by atoms with Gasteiger partial charge in [-0.2, -0.15) is 22.1 Å². The standard InChI is InChI=1S/C19H10BrClF3N3O2S/c20-13-5-2-6-26-15(13)27(9-12-8-25-18(21)30-12)17(29)14(16(26)28)10-3-1-4-11(7-10)19(22,23)24/h1-8H,9H2/p+1. The van der Waals surface area contributed by atoms with Crippen LogP contribution < -0.4 is 10.1 Å². The van der Waals surface area contributed by atoms with Crippen LogP contribution >= 0.6 is 38.9 Å². The Hall–Kier alpha value is -2.43. The minimum atomic E-state index is -4.59. The van der Waals surface area contributed by atoms with E-state index in [9.17, 15) is 23.1 Å². The summed E-state index contributed by atoms with van der Waals surface area (Å²) in [5.41, 5.74) is -1.52. The summed E-state index contributed by atoms with van der Waals surface area (Å²) in [6, 6.07) is 7.59. The van der Waals surface area contributed by atoms with Crippen molar-refractivity contribution in [3.8, 4) is 17.0 Å². The number of aromatic nitrogens is 3. The molecule has 0 radical (unpaired) electrons. The second kappa shape index (κ2) is 7.68. The van der Waals surface area contributed by atoms with Gasteiger partial charge in [0.25, 0.3) is 5.88 Å². The van der Waals surface area contributed by atoms with E-state index in [0.29, 0.717) is 19.5 Å². The number of thiazole rings is 1. The predicted molar refractivity (Wildman–Crippen MR) is 110 cm³/mol. The van der Waals surface area contributed by atoms with Gasteiger partial charge in [0.1, 0.15) is 11.0 Å². The topological polar surface area (TPSA) is 58.5 Å². The van der Waals surface area contributed by atoms with Crippen LogP contribution in [-0.2, 0) is 12.7 Å². The highest BCUT2D eigenvalue weighted by Crippen LogP contribution is 2.33. The molecule has 4 rings (SSSR count). The third kappa shape index (κ3) is 3.70. The smallest absolute Gasteiger partial charge is 0.416 e. The summed E-state index contributed by atoms with van der Waals surface area (Å²) in [5.74, 6) is -0.462. The summed E-state index contributed by atoms with van der Waals surface area (Å²) in [7, 11) is 0. The minimum Gasteiger partial charge on any atom is -0.477 e. The molecule has 0 aliphatic carbocycles. The zero-order valence-corrected chi connectivity index (χ0v) is 18.0. The first-order chi connectivity index (χ1) is 14.2. The average Bonchev–Trinajstić information content (AvgIpc) is 3.10. The SMILES string of the molecule is O=c1c(-c2cccc(C(F)(F)F)c2)c(O)[n+](Cc2cnc(Cl)s2)c2c(Br)cccn12. The zero-order valence-electron chi connectivity index (χ0n) is 14.8. The highest BCUT2D eigenvalue weighted by Gasteiger charge is 2.32. The molecule has 1 N–H and O–H groups in total. The Morgan fingerprint density at radius 1 is 1.27 bits per heavy atom. The van der Waals surface area contributed by atoms with Crippen molar-refractivity contribution in [2.45, 2.75) is 12.7 Å². The van der Waals surface area contributed by atoms with Crippen LogP contribution in [0.15, 0.2) is 58.1 Å². The molecule has 0 spiro atoms. The molecule has 30 heavy (non-hydrogen) atoms. The number of fused-ring (bicyclic) bond motifs is 1. The van der Waals surface area contributed by atoms with Crippen LogP contribution in [0.2, 0.25) is 4.47 Å². The van der Waals surface area contributed by atoms with Gasteiger partial charge in [-0.15, -0.1) is 11.3 Å². The van der Waals surface area contributed by atoms with E-state index in [4.69, 9.17) is 11.6 Å². The van der Waals surface area contributed by atoms with E-state index in [-0.39, 0.29) is 17.7 Å². The molecule has 11 heteroatoms. The Morgan fingerprint density at radius 2 is 2.03 bits per heavy atom. The molecule has 5 nitrogen and oxygen atoms in total. The molecule has 0 atom stereocenters. The summed E-state index contributed by atoms with van der Waals surface area (Å²) in [5, 5.41) is 11.0. The van der Waals surface area contributed by atoms with Crippen LogP contribution in [0.3, 0.4) is 0 Å². The van der Waals surface area contributed by atoms with Gasteiger partial charge in [0.15, 0.2) is 10.0 Å². The summed E-state index contributed by atoms with van der Waals surface area (Å²) in [6.45, 7) is 0.106. The van der Waals surface area contributed by atoms with Crippen LogP contribution in [0.4, 0.5) is 13.2 Å². The lowest BCUT2D eigenvalue weighted by atomic mass is 10.0. The molecular formula is C19H11BrClF3N3O2S+. The van der Waals surface area contributed by atoms with Crippen molar-refractivity contribution in [2.24, 2.45) is 0 Å². The number of nitrogens with zero attached hydrogens (tertiary/aromatic N) is 3. The number of benzene rings is 1. The molecule has 0 aliphatic heterocycles. The summed E-state index contributed by atoms with van der Waals surface area (Å²) in [6.07, 6.45) is -1.58. The van der Waals surface area contributed by atoms with E-state index in [2.05, 4.69) is 20.9 Å². The maximum atomic E-state index is 13.2. The first-order valence-electron chi connectivity index (χ1n) is 8.40. The first kappa shape index (κ1) is 20.8. The van der Waals surface area contributed by atoms with Gasteiger partial charge < -0.3 is 5.11 Å². The van der Waals surface area contributed by atoms with E-state index in [1.807, 2.05) is 0 Å². The maximum absolute atomic E-state index is 13.2. The highest BCUT2D eigenvalue weighted by molar-refractivity contribution is 9.10. The quantitative estimate of drug-likeness (QED) is 0.393. The Morgan fingerprint density at radius 3 is 2.70 bits per heavy atom. The van der Waals surface area contributed by atoms with Crippen LogP contribution in [0.25, 0.3) is 16.8 Å². The van der Waals surface area contributed by atoms with E-state index in [1.165, 1.54) is 44.8 Å². The Labute approximate surface area is 184 Å². The number of hydrogen-bond acceptors (Lipinski definition) is 4. The molecule has 0 saturated heterocycles. The molecule has 3 heterocycles. The van der Waals surface area contributed by atoms with E-state index < -0.39 is 23.2 Å². The molecule has 154 valence electrons. The molecule has 0 amide bonds. The lowest BCUT2D eigenvalue weighted by Gasteiger charge is -2.12. The number of aromatic hydroxyl groups is 1. The second-order valence-electron chi connectivity index (χ2n) is 6.30. The van der Waals surface area contributed by atoms with Gasteiger partial charge in [-0.25, -0.2) is 9.78 Å². The average molecular weight is 518 g/mol. The van der Waals surface area contributed by atoms with Crippen LogP contribution in [0, 0.1) is 0 Å². The third-order valence-corrected chi connectivity index (χ3v) is 6.12. The summed E-state index contributed by atoms with van der Waals surface area (Å²) in [4.78, 5) is 17.8. The molecule has 0 unspecified atom stereocenters. The van der Waals surface area contributed by atoms with Crippen LogP contribution in [0.1, 0.15) is 10.4 Å². The Bertz CT molecular complexity index is 1340. The van der Waals surface area contributed by atoms with Crippen LogP contribution in [0.5, 0.6) is 5.88 Å². The van der Waals surface area contributed by atoms with Crippen molar-refractivity contribution < 1.29 is 22.8 Å². The van der Waals surface area contributed by atoms with Crippen LogP contribution in [-0.4, -0.2) is 14.5 Å².